The number of carbonyl (C=O) groups is 1. The molecule has 3 heteroatoms. The summed E-state index contributed by atoms with van der Waals surface area (Å²) in [4.78, 5) is 14.2. The Balaban J connectivity index is 1.87. The lowest BCUT2D eigenvalue weighted by molar-refractivity contribution is -0.119. The molecule has 1 aliphatic carbocycles. The molecule has 90 valence electrons. The summed E-state index contributed by atoms with van der Waals surface area (Å²) in [7, 11) is 0. The maximum absolute atomic E-state index is 12.2. The summed E-state index contributed by atoms with van der Waals surface area (Å²) < 4.78 is 0. The SMILES string of the molecule is CC1Cc2cc(N)ccc2N1C(=O)CC1CC1. The van der Waals surface area contributed by atoms with Gasteiger partial charge in [0.25, 0.3) is 0 Å². The first-order valence-corrected chi connectivity index (χ1v) is 6.35. The highest BCUT2D eigenvalue weighted by molar-refractivity contribution is 5.96. The highest BCUT2D eigenvalue weighted by Crippen LogP contribution is 2.37. The van der Waals surface area contributed by atoms with Crippen molar-refractivity contribution >= 4 is 17.3 Å². The standard InChI is InChI=1S/C14H18N2O/c1-9-6-11-8-12(15)4-5-13(11)16(9)14(17)7-10-2-3-10/h4-5,8-10H,2-3,6-7,15H2,1H3. The van der Waals surface area contributed by atoms with Crippen LogP contribution in [0.3, 0.4) is 0 Å². The van der Waals surface area contributed by atoms with Gasteiger partial charge in [0.1, 0.15) is 0 Å². The van der Waals surface area contributed by atoms with Crippen molar-refractivity contribution in [2.45, 2.75) is 38.6 Å². The van der Waals surface area contributed by atoms with Crippen LogP contribution in [-0.4, -0.2) is 11.9 Å². The molecule has 1 aliphatic heterocycles. The molecule has 1 amide bonds. The average molecular weight is 230 g/mol. The second-order valence-corrected chi connectivity index (χ2v) is 5.35. The zero-order valence-corrected chi connectivity index (χ0v) is 10.1. The second-order valence-electron chi connectivity index (χ2n) is 5.35. The van der Waals surface area contributed by atoms with E-state index in [0.717, 1.165) is 17.8 Å². The van der Waals surface area contributed by atoms with Crippen molar-refractivity contribution < 1.29 is 4.79 Å². The van der Waals surface area contributed by atoms with Gasteiger partial charge in [-0.05, 0) is 55.9 Å². The van der Waals surface area contributed by atoms with Crippen molar-refractivity contribution in [2.75, 3.05) is 10.6 Å². The molecule has 1 heterocycles. The van der Waals surface area contributed by atoms with Crippen LogP contribution >= 0.6 is 0 Å². The monoisotopic (exact) mass is 230 g/mol. The summed E-state index contributed by atoms with van der Waals surface area (Å²) in [5, 5.41) is 0. The fourth-order valence-electron chi connectivity index (χ4n) is 2.70. The highest BCUT2D eigenvalue weighted by Gasteiger charge is 2.34. The van der Waals surface area contributed by atoms with Gasteiger partial charge in [-0.2, -0.15) is 0 Å². The lowest BCUT2D eigenvalue weighted by Crippen LogP contribution is -2.35. The van der Waals surface area contributed by atoms with Crippen LogP contribution in [0, 0.1) is 5.92 Å². The van der Waals surface area contributed by atoms with Crippen LogP contribution in [0.4, 0.5) is 11.4 Å². The third-order valence-corrected chi connectivity index (χ3v) is 3.75. The van der Waals surface area contributed by atoms with Crippen LogP contribution in [0.2, 0.25) is 0 Å². The molecule has 3 nitrogen and oxygen atoms in total. The van der Waals surface area contributed by atoms with Gasteiger partial charge in [0, 0.05) is 23.8 Å². The Hall–Kier alpha value is -1.51. The van der Waals surface area contributed by atoms with Crippen molar-refractivity contribution in [3.8, 4) is 0 Å². The lowest BCUT2D eigenvalue weighted by Gasteiger charge is -2.22. The predicted octanol–water partition coefficient (Wildman–Crippen LogP) is 2.35. The minimum Gasteiger partial charge on any atom is -0.399 e. The van der Waals surface area contributed by atoms with Crippen molar-refractivity contribution in [2.24, 2.45) is 5.92 Å². The molecule has 1 unspecified atom stereocenters. The van der Waals surface area contributed by atoms with E-state index in [-0.39, 0.29) is 11.9 Å². The van der Waals surface area contributed by atoms with Gasteiger partial charge in [0.05, 0.1) is 0 Å². The van der Waals surface area contributed by atoms with Crippen LogP contribution in [0.25, 0.3) is 0 Å². The van der Waals surface area contributed by atoms with Crippen molar-refractivity contribution in [3.63, 3.8) is 0 Å². The zero-order chi connectivity index (χ0) is 12.0. The smallest absolute Gasteiger partial charge is 0.227 e. The van der Waals surface area contributed by atoms with Gasteiger partial charge in [-0.3, -0.25) is 4.79 Å². The highest BCUT2D eigenvalue weighted by atomic mass is 16.2. The summed E-state index contributed by atoms with van der Waals surface area (Å²) >= 11 is 0. The Bertz CT molecular complexity index is 465. The van der Waals surface area contributed by atoms with E-state index in [0.29, 0.717) is 12.3 Å². The van der Waals surface area contributed by atoms with E-state index in [9.17, 15) is 4.79 Å². The average Bonchev–Trinajstić information content (AvgIpc) is 2.99. The van der Waals surface area contributed by atoms with Gasteiger partial charge in [-0.25, -0.2) is 0 Å². The quantitative estimate of drug-likeness (QED) is 0.793. The Morgan fingerprint density at radius 1 is 1.47 bits per heavy atom. The minimum atomic E-state index is 0.276. The van der Waals surface area contributed by atoms with Crippen molar-refractivity contribution in [3.05, 3.63) is 23.8 Å². The Kier molecular flexibility index (Phi) is 2.35. The van der Waals surface area contributed by atoms with Gasteiger partial charge >= 0.3 is 0 Å². The minimum absolute atomic E-state index is 0.276. The molecule has 1 atom stereocenters. The van der Waals surface area contributed by atoms with Crippen LogP contribution in [-0.2, 0) is 11.2 Å². The van der Waals surface area contributed by atoms with Gasteiger partial charge < -0.3 is 10.6 Å². The Labute approximate surface area is 102 Å². The van der Waals surface area contributed by atoms with Crippen LogP contribution in [0.5, 0.6) is 0 Å². The number of anilines is 2. The molecule has 17 heavy (non-hydrogen) atoms. The topological polar surface area (TPSA) is 46.3 Å². The molecule has 0 radical (unpaired) electrons. The van der Waals surface area contributed by atoms with E-state index >= 15 is 0 Å². The van der Waals surface area contributed by atoms with E-state index < -0.39 is 0 Å². The summed E-state index contributed by atoms with van der Waals surface area (Å²) in [5.41, 5.74) is 8.85. The molecule has 1 aromatic rings. The van der Waals surface area contributed by atoms with Crippen molar-refractivity contribution in [1.82, 2.24) is 0 Å². The van der Waals surface area contributed by atoms with Gasteiger partial charge in [-0.15, -0.1) is 0 Å². The number of amides is 1. The summed E-state index contributed by atoms with van der Waals surface area (Å²) in [6, 6.07) is 6.14. The first-order chi connectivity index (χ1) is 8.15. The van der Waals surface area contributed by atoms with Crippen LogP contribution in [0.15, 0.2) is 18.2 Å². The molecule has 0 spiro atoms. The van der Waals surface area contributed by atoms with E-state index in [2.05, 4.69) is 6.92 Å². The Morgan fingerprint density at radius 2 is 2.24 bits per heavy atom. The Morgan fingerprint density at radius 3 is 2.94 bits per heavy atom. The molecule has 0 bridgehead atoms. The lowest BCUT2D eigenvalue weighted by atomic mass is 10.1. The number of hydrogen-bond acceptors (Lipinski definition) is 2. The predicted molar refractivity (Wildman–Crippen MR) is 68.8 cm³/mol. The third kappa shape index (κ3) is 1.90. The molecular formula is C14H18N2O. The van der Waals surface area contributed by atoms with E-state index in [4.69, 9.17) is 5.73 Å². The normalized spacial score (nSPS) is 22.6. The van der Waals surface area contributed by atoms with Gasteiger partial charge in [-0.1, -0.05) is 0 Å². The first kappa shape index (κ1) is 10.6. The number of rotatable bonds is 2. The number of nitrogens with zero attached hydrogens (tertiary/aromatic N) is 1. The van der Waals surface area contributed by atoms with E-state index in [1.807, 2.05) is 23.1 Å². The number of nitrogen functional groups attached to an aromatic ring is 1. The zero-order valence-electron chi connectivity index (χ0n) is 10.1. The molecule has 3 rings (SSSR count). The van der Waals surface area contributed by atoms with Crippen molar-refractivity contribution in [1.29, 1.82) is 0 Å². The number of carbonyl (C=O) groups excluding carboxylic acids is 1. The second kappa shape index (κ2) is 3.76. The summed E-state index contributed by atoms with van der Waals surface area (Å²) in [5.74, 6) is 0.927. The molecule has 2 N–H and O–H groups in total. The molecule has 0 aromatic heterocycles. The fraction of sp³-hybridized carbons (Fsp3) is 0.500. The van der Waals surface area contributed by atoms with E-state index in [1.54, 1.807) is 0 Å². The molecule has 0 saturated heterocycles. The number of hydrogen-bond donors (Lipinski definition) is 1. The maximum Gasteiger partial charge on any atom is 0.227 e. The molecular weight excluding hydrogens is 212 g/mol. The van der Waals surface area contributed by atoms with Gasteiger partial charge in [0.15, 0.2) is 0 Å². The van der Waals surface area contributed by atoms with Crippen LogP contribution < -0.4 is 10.6 Å². The summed E-state index contributed by atoms with van der Waals surface area (Å²) in [6.07, 6.45) is 4.09. The molecule has 2 aliphatic rings. The van der Waals surface area contributed by atoms with Gasteiger partial charge in [0.2, 0.25) is 5.91 Å². The van der Waals surface area contributed by atoms with E-state index in [1.165, 1.54) is 18.4 Å². The fourth-order valence-corrected chi connectivity index (χ4v) is 2.70. The molecule has 1 fully saturated rings. The number of fused-ring (bicyclic) bond motifs is 1. The maximum atomic E-state index is 12.2. The number of nitrogens with two attached hydrogens (primary N) is 1. The number of benzene rings is 1. The molecule has 1 aromatic carbocycles. The summed E-state index contributed by atoms with van der Waals surface area (Å²) in [6.45, 7) is 2.11. The first-order valence-electron chi connectivity index (χ1n) is 6.35. The van der Waals surface area contributed by atoms with Crippen LogP contribution in [0.1, 0.15) is 31.7 Å². The molecule has 1 saturated carbocycles. The third-order valence-electron chi connectivity index (χ3n) is 3.75. The largest absolute Gasteiger partial charge is 0.399 e.